The van der Waals surface area contributed by atoms with Crippen LogP contribution in [0.2, 0.25) is 0 Å². The number of nitrogens with two attached hydrogens (primary N) is 1. The largest absolute Gasteiger partial charge is 0.393 e. The molecule has 0 aliphatic heterocycles. The number of carbonyl (C=O) groups is 2. The van der Waals surface area contributed by atoms with Crippen LogP contribution in [0.15, 0.2) is 0 Å². The second-order valence-electron chi connectivity index (χ2n) is 3.94. The summed E-state index contributed by atoms with van der Waals surface area (Å²) < 4.78 is 0. The third kappa shape index (κ3) is 3.17. The van der Waals surface area contributed by atoms with Crippen molar-refractivity contribution in [2.24, 2.45) is 17.7 Å². The Balaban J connectivity index is 2.42. The predicted molar refractivity (Wildman–Crippen MR) is 53.2 cm³/mol. The number of hydrogen-bond acceptors (Lipinski definition) is 4. The normalized spacial score (nSPS) is 29.9. The molecule has 0 unspecified atom stereocenters. The highest BCUT2D eigenvalue weighted by molar-refractivity contribution is 5.78. The molecular weight excluding hydrogens is 198 g/mol. The molecule has 0 aromatic heterocycles. The Hall–Kier alpha value is -1.14. The summed E-state index contributed by atoms with van der Waals surface area (Å²) in [4.78, 5) is 21.9. The maximum Gasteiger partial charge on any atom is 0.237 e. The fourth-order valence-electron chi connectivity index (χ4n) is 1.93. The molecule has 3 atom stereocenters. The Morgan fingerprint density at radius 3 is 2.67 bits per heavy atom. The molecule has 6 nitrogen and oxygen atoms in total. The number of hydrazine groups is 1. The molecule has 1 fully saturated rings. The van der Waals surface area contributed by atoms with Gasteiger partial charge in [0.2, 0.25) is 11.8 Å². The topological polar surface area (TPSA) is 104 Å². The van der Waals surface area contributed by atoms with E-state index in [1.165, 1.54) is 6.92 Å². The summed E-state index contributed by atoms with van der Waals surface area (Å²) in [6.07, 6.45) is 0.428. The Morgan fingerprint density at radius 1 is 1.47 bits per heavy atom. The zero-order valence-corrected chi connectivity index (χ0v) is 8.69. The first-order valence-corrected chi connectivity index (χ1v) is 4.97. The van der Waals surface area contributed by atoms with Crippen molar-refractivity contribution in [2.75, 3.05) is 6.54 Å². The van der Waals surface area contributed by atoms with Crippen LogP contribution in [0, 0.1) is 11.8 Å². The summed E-state index contributed by atoms with van der Waals surface area (Å²) in [6, 6.07) is 0. The lowest BCUT2D eigenvalue weighted by molar-refractivity contribution is -0.125. The molecular formula is C9H17N3O3. The van der Waals surface area contributed by atoms with E-state index < -0.39 is 6.10 Å². The van der Waals surface area contributed by atoms with Crippen LogP contribution >= 0.6 is 0 Å². The fourth-order valence-corrected chi connectivity index (χ4v) is 1.93. The summed E-state index contributed by atoms with van der Waals surface area (Å²) in [5.41, 5.74) is 2.08. The molecule has 0 saturated heterocycles. The lowest BCUT2D eigenvalue weighted by Gasteiger charge is -2.13. The van der Waals surface area contributed by atoms with Gasteiger partial charge in [-0.2, -0.15) is 0 Å². The van der Waals surface area contributed by atoms with Crippen LogP contribution in [0.1, 0.15) is 19.8 Å². The summed E-state index contributed by atoms with van der Waals surface area (Å²) in [6.45, 7) is 1.83. The zero-order valence-electron chi connectivity index (χ0n) is 8.69. The van der Waals surface area contributed by atoms with Crippen molar-refractivity contribution in [3.05, 3.63) is 0 Å². The van der Waals surface area contributed by atoms with Crippen molar-refractivity contribution in [3.63, 3.8) is 0 Å². The van der Waals surface area contributed by atoms with Crippen LogP contribution in [0.5, 0.6) is 0 Å². The van der Waals surface area contributed by atoms with Gasteiger partial charge in [0, 0.05) is 25.3 Å². The minimum atomic E-state index is -0.542. The number of carbonyl (C=O) groups excluding carboxylic acids is 2. The van der Waals surface area contributed by atoms with Gasteiger partial charge in [-0.1, -0.05) is 0 Å². The second-order valence-corrected chi connectivity index (χ2v) is 3.94. The Bertz CT molecular complexity index is 257. The summed E-state index contributed by atoms with van der Waals surface area (Å²) in [5.74, 6) is 4.33. The Morgan fingerprint density at radius 2 is 2.13 bits per heavy atom. The molecule has 0 aromatic carbocycles. The van der Waals surface area contributed by atoms with Gasteiger partial charge in [0.15, 0.2) is 0 Å². The molecule has 15 heavy (non-hydrogen) atoms. The molecule has 86 valence electrons. The van der Waals surface area contributed by atoms with Crippen LogP contribution in [0.25, 0.3) is 0 Å². The molecule has 0 radical (unpaired) electrons. The highest BCUT2D eigenvalue weighted by Crippen LogP contribution is 2.30. The van der Waals surface area contributed by atoms with E-state index in [9.17, 15) is 14.7 Å². The SMILES string of the molecule is CC(=O)NC[C@@H]1C[C@@H](C(=O)NN)C[C@H]1O. The lowest BCUT2D eigenvalue weighted by atomic mass is 10.0. The minimum absolute atomic E-state index is 0.0591. The first-order valence-electron chi connectivity index (χ1n) is 4.97. The highest BCUT2D eigenvalue weighted by atomic mass is 16.3. The van der Waals surface area contributed by atoms with Crippen molar-refractivity contribution in [2.45, 2.75) is 25.9 Å². The summed E-state index contributed by atoms with van der Waals surface area (Å²) >= 11 is 0. The van der Waals surface area contributed by atoms with Crippen molar-refractivity contribution < 1.29 is 14.7 Å². The first kappa shape index (κ1) is 11.9. The maximum absolute atomic E-state index is 11.2. The number of hydrogen-bond donors (Lipinski definition) is 4. The minimum Gasteiger partial charge on any atom is -0.393 e. The highest BCUT2D eigenvalue weighted by Gasteiger charge is 2.36. The number of rotatable bonds is 3. The monoisotopic (exact) mass is 215 g/mol. The van der Waals surface area contributed by atoms with Crippen molar-refractivity contribution in [1.29, 1.82) is 0 Å². The van der Waals surface area contributed by atoms with Crippen LogP contribution in [-0.2, 0) is 9.59 Å². The van der Waals surface area contributed by atoms with Crippen molar-refractivity contribution in [1.82, 2.24) is 10.7 Å². The van der Waals surface area contributed by atoms with Gasteiger partial charge >= 0.3 is 0 Å². The lowest BCUT2D eigenvalue weighted by Crippen LogP contribution is -2.35. The molecule has 1 aliphatic carbocycles. The summed E-state index contributed by atoms with van der Waals surface area (Å²) in [7, 11) is 0. The van der Waals surface area contributed by atoms with Crippen LogP contribution in [-0.4, -0.2) is 29.6 Å². The molecule has 1 saturated carbocycles. The van der Waals surface area contributed by atoms with Crippen LogP contribution < -0.4 is 16.6 Å². The first-order chi connectivity index (χ1) is 7.04. The molecule has 0 bridgehead atoms. The van der Waals surface area contributed by atoms with E-state index in [0.717, 1.165) is 0 Å². The molecule has 2 amide bonds. The van der Waals surface area contributed by atoms with E-state index in [-0.39, 0.29) is 23.7 Å². The van der Waals surface area contributed by atoms with Gasteiger partial charge in [0.05, 0.1) is 6.10 Å². The Kier molecular flexibility index (Phi) is 4.05. The molecule has 1 aliphatic rings. The van der Waals surface area contributed by atoms with Crippen molar-refractivity contribution >= 4 is 11.8 Å². The predicted octanol–water partition coefficient (Wildman–Crippen LogP) is -1.50. The second kappa shape index (κ2) is 5.09. The van der Waals surface area contributed by atoms with Gasteiger partial charge < -0.3 is 10.4 Å². The van der Waals surface area contributed by atoms with E-state index in [2.05, 4.69) is 10.7 Å². The molecule has 6 heteroatoms. The van der Waals surface area contributed by atoms with E-state index >= 15 is 0 Å². The zero-order chi connectivity index (χ0) is 11.4. The molecule has 0 heterocycles. The number of nitrogens with one attached hydrogen (secondary N) is 2. The number of amides is 2. The third-order valence-corrected chi connectivity index (χ3v) is 2.78. The smallest absolute Gasteiger partial charge is 0.237 e. The van der Waals surface area contributed by atoms with Gasteiger partial charge in [0.25, 0.3) is 0 Å². The molecule has 0 aromatic rings. The quantitative estimate of drug-likeness (QED) is 0.261. The fraction of sp³-hybridized carbons (Fsp3) is 0.778. The average Bonchev–Trinajstić information content (AvgIpc) is 2.55. The number of aliphatic hydroxyl groups excluding tert-OH is 1. The van der Waals surface area contributed by atoms with Crippen LogP contribution in [0.3, 0.4) is 0 Å². The molecule has 5 N–H and O–H groups in total. The van der Waals surface area contributed by atoms with E-state index in [1.807, 2.05) is 0 Å². The number of aliphatic hydroxyl groups is 1. The van der Waals surface area contributed by atoms with Gasteiger partial charge in [-0.15, -0.1) is 0 Å². The van der Waals surface area contributed by atoms with Crippen LogP contribution in [0.4, 0.5) is 0 Å². The third-order valence-electron chi connectivity index (χ3n) is 2.78. The summed E-state index contributed by atoms with van der Waals surface area (Å²) in [5, 5.41) is 12.3. The van der Waals surface area contributed by atoms with E-state index in [0.29, 0.717) is 19.4 Å². The van der Waals surface area contributed by atoms with Gasteiger partial charge in [-0.25, -0.2) is 5.84 Å². The average molecular weight is 215 g/mol. The van der Waals surface area contributed by atoms with E-state index in [1.54, 1.807) is 0 Å². The standard InChI is InChI=1S/C9H17N3O3/c1-5(13)11-4-7-2-6(3-8(7)14)9(15)12-10/h6-8,14H,2-4,10H2,1H3,(H,11,13)(H,12,15)/t6-,7+,8-/m1/s1. The maximum atomic E-state index is 11.2. The van der Waals surface area contributed by atoms with Gasteiger partial charge in [-0.3, -0.25) is 15.0 Å². The van der Waals surface area contributed by atoms with Gasteiger partial charge in [-0.05, 0) is 12.8 Å². The van der Waals surface area contributed by atoms with Gasteiger partial charge in [0.1, 0.15) is 0 Å². The van der Waals surface area contributed by atoms with Crippen molar-refractivity contribution in [3.8, 4) is 0 Å². The molecule has 0 spiro atoms. The molecule has 1 rings (SSSR count). The van der Waals surface area contributed by atoms with E-state index in [4.69, 9.17) is 5.84 Å². The Labute approximate surface area is 88.2 Å².